The van der Waals surface area contributed by atoms with E-state index in [0.717, 1.165) is 11.1 Å². The highest BCUT2D eigenvalue weighted by Crippen LogP contribution is 2.40. The highest BCUT2D eigenvalue weighted by molar-refractivity contribution is 5.99. The van der Waals surface area contributed by atoms with Gasteiger partial charge in [0.1, 0.15) is 11.5 Å². The number of benzene rings is 2. The van der Waals surface area contributed by atoms with E-state index in [4.69, 9.17) is 9.47 Å². The molecule has 0 fully saturated rings. The number of para-hydroxylation sites is 1. The molecule has 1 aromatic heterocycles. The summed E-state index contributed by atoms with van der Waals surface area (Å²) in [6, 6.07) is 14.1. The summed E-state index contributed by atoms with van der Waals surface area (Å²) < 4.78 is 12.5. The van der Waals surface area contributed by atoms with Crippen molar-refractivity contribution >= 4 is 24.1 Å². The van der Waals surface area contributed by atoms with Crippen molar-refractivity contribution in [2.24, 2.45) is 5.10 Å². The molecule has 164 valence electrons. The van der Waals surface area contributed by atoms with Gasteiger partial charge in [-0.2, -0.15) is 5.10 Å². The zero-order chi connectivity index (χ0) is 23.0. The summed E-state index contributed by atoms with van der Waals surface area (Å²) in [5.41, 5.74) is 5.85. The molecule has 1 spiro atoms. The van der Waals surface area contributed by atoms with Crippen LogP contribution in [0.5, 0.6) is 11.5 Å². The Morgan fingerprint density at radius 3 is 2.76 bits per heavy atom. The Bertz CT molecular complexity index is 1320. The number of hydrazone groups is 1. The van der Waals surface area contributed by atoms with E-state index in [1.165, 1.54) is 23.5 Å². The molecule has 0 bridgehead atoms. The van der Waals surface area contributed by atoms with E-state index in [1.54, 1.807) is 49.5 Å². The molecule has 0 saturated heterocycles. The number of likely N-dealkylation sites (N-methyl/N-ethyl adjacent to an activating group) is 1. The molecule has 2 amide bonds. The van der Waals surface area contributed by atoms with E-state index in [-0.39, 0.29) is 11.8 Å². The molecule has 3 heterocycles. The van der Waals surface area contributed by atoms with Gasteiger partial charge in [-0.25, -0.2) is 5.43 Å². The van der Waals surface area contributed by atoms with E-state index in [9.17, 15) is 9.59 Å². The molecule has 8 heteroatoms. The van der Waals surface area contributed by atoms with Crippen LogP contribution in [0.4, 0.5) is 0 Å². The van der Waals surface area contributed by atoms with Crippen LogP contribution in [0.3, 0.4) is 0 Å². The summed E-state index contributed by atoms with van der Waals surface area (Å²) in [4.78, 5) is 30.6. The quantitative estimate of drug-likeness (QED) is 0.498. The lowest BCUT2D eigenvalue weighted by Gasteiger charge is -2.44. The van der Waals surface area contributed by atoms with Crippen LogP contribution in [0, 0.1) is 6.92 Å². The predicted octanol–water partition coefficient (Wildman–Crippen LogP) is 3.38. The number of aromatic nitrogens is 1. The van der Waals surface area contributed by atoms with Crippen molar-refractivity contribution in [3.8, 4) is 11.5 Å². The molecule has 5 rings (SSSR count). The number of ether oxygens (including phenoxy) is 2. The van der Waals surface area contributed by atoms with Gasteiger partial charge in [0.15, 0.2) is 0 Å². The van der Waals surface area contributed by atoms with Gasteiger partial charge in [0, 0.05) is 42.2 Å². The van der Waals surface area contributed by atoms with Crippen molar-refractivity contribution in [2.75, 3.05) is 7.05 Å². The van der Waals surface area contributed by atoms with E-state index in [2.05, 4.69) is 15.5 Å². The average molecular weight is 440 g/mol. The molecule has 2 aromatic carbocycles. The first kappa shape index (κ1) is 20.4. The number of nitrogens with zero attached hydrogens (tertiary/aromatic N) is 3. The maximum atomic E-state index is 13.0. The molecular weight excluding hydrogens is 420 g/mol. The number of nitrogens with one attached hydrogen (secondary N) is 1. The van der Waals surface area contributed by atoms with Crippen LogP contribution in [0.1, 0.15) is 37.4 Å². The summed E-state index contributed by atoms with van der Waals surface area (Å²) in [5.74, 6) is -1.07. The van der Waals surface area contributed by atoms with Gasteiger partial charge in [-0.05, 0) is 55.0 Å². The van der Waals surface area contributed by atoms with E-state index in [0.29, 0.717) is 28.2 Å². The Morgan fingerprint density at radius 2 is 1.94 bits per heavy atom. The molecule has 1 N–H and O–H groups in total. The lowest BCUT2D eigenvalue weighted by Crippen LogP contribution is -2.60. The minimum Gasteiger partial charge on any atom is -0.431 e. The zero-order valence-electron chi connectivity index (χ0n) is 18.0. The zero-order valence-corrected chi connectivity index (χ0v) is 18.0. The van der Waals surface area contributed by atoms with Gasteiger partial charge in [0.2, 0.25) is 0 Å². The molecule has 0 aliphatic carbocycles. The molecule has 33 heavy (non-hydrogen) atoms. The number of aryl methyl sites for hydroxylation is 1. The molecule has 2 aliphatic rings. The number of fused-ring (bicyclic) bond motifs is 2. The van der Waals surface area contributed by atoms with Crippen LogP contribution < -0.4 is 14.9 Å². The Kier molecular flexibility index (Phi) is 4.90. The Balaban J connectivity index is 1.46. The number of hydrogen-bond donors (Lipinski definition) is 1. The van der Waals surface area contributed by atoms with Gasteiger partial charge in [-0.1, -0.05) is 12.1 Å². The lowest BCUT2D eigenvalue weighted by atomic mass is 10.0. The van der Waals surface area contributed by atoms with Crippen molar-refractivity contribution in [3.63, 3.8) is 0 Å². The third-order valence-corrected chi connectivity index (χ3v) is 5.47. The van der Waals surface area contributed by atoms with Gasteiger partial charge in [0.25, 0.3) is 11.8 Å². The van der Waals surface area contributed by atoms with E-state index in [1.807, 2.05) is 25.1 Å². The minimum atomic E-state index is -1.43. The molecule has 0 unspecified atom stereocenters. The number of hydrogen-bond acceptors (Lipinski definition) is 6. The number of carbonyl (C=O) groups is 2. The third-order valence-electron chi connectivity index (χ3n) is 5.47. The average Bonchev–Trinajstić information content (AvgIpc) is 2.83. The minimum absolute atomic E-state index is 0.211. The molecule has 2 aliphatic heterocycles. The van der Waals surface area contributed by atoms with Crippen LogP contribution in [0.25, 0.3) is 6.08 Å². The third kappa shape index (κ3) is 3.61. The fraction of sp³-hybridized carbons (Fsp3) is 0.120. The maximum Gasteiger partial charge on any atom is 0.362 e. The topological polar surface area (TPSA) is 93.1 Å². The largest absolute Gasteiger partial charge is 0.431 e. The monoisotopic (exact) mass is 440 g/mol. The van der Waals surface area contributed by atoms with Crippen molar-refractivity contribution in [2.45, 2.75) is 12.8 Å². The summed E-state index contributed by atoms with van der Waals surface area (Å²) in [7, 11) is 1.63. The smallest absolute Gasteiger partial charge is 0.362 e. The van der Waals surface area contributed by atoms with E-state index >= 15 is 0 Å². The number of pyridine rings is 1. The molecule has 0 saturated carbocycles. The first-order chi connectivity index (χ1) is 16.0. The standard InChI is InChI=1S/C25H20N4O4/c1-16-13-18-7-10-25(29(2)24(31)20-5-3-4-6-21(20)32-25)33-22(18)19(14-16)15-27-28-23(30)17-8-11-26-12-9-17/h3-15H,1-2H3,(H,28,30)/t25-/m0/s1. The first-order valence-electron chi connectivity index (χ1n) is 10.3. The van der Waals surface area contributed by atoms with Gasteiger partial charge < -0.3 is 9.47 Å². The van der Waals surface area contributed by atoms with Crippen LogP contribution in [-0.4, -0.2) is 40.9 Å². The predicted molar refractivity (Wildman–Crippen MR) is 122 cm³/mol. The number of amides is 2. The second-order valence-electron chi connectivity index (χ2n) is 7.74. The Labute approximate surface area is 190 Å². The van der Waals surface area contributed by atoms with Crippen LogP contribution in [0.2, 0.25) is 0 Å². The first-order valence-corrected chi connectivity index (χ1v) is 10.3. The fourth-order valence-corrected chi connectivity index (χ4v) is 3.79. The van der Waals surface area contributed by atoms with Crippen molar-refractivity contribution in [1.82, 2.24) is 15.3 Å². The highest BCUT2D eigenvalue weighted by Gasteiger charge is 2.47. The molecular formula is C25H20N4O4. The maximum absolute atomic E-state index is 13.0. The molecule has 3 aromatic rings. The summed E-state index contributed by atoms with van der Waals surface area (Å²) in [6.07, 6.45) is 8.16. The number of carbonyl (C=O) groups excluding carboxylic acids is 2. The number of rotatable bonds is 3. The van der Waals surface area contributed by atoms with Crippen molar-refractivity contribution in [1.29, 1.82) is 0 Å². The second-order valence-corrected chi connectivity index (χ2v) is 7.74. The van der Waals surface area contributed by atoms with Crippen LogP contribution in [0.15, 0.2) is 72.1 Å². The summed E-state index contributed by atoms with van der Waals surface area (Å²) in [6.45, 7) is 1.95. The summed E-state index contributed by atoms with van der Waals surface area (Å²) in [5, 5.41) is 4.10. The van der Waals surface area contributed by atoms with Crippen LogP contribution >= 0.6 is 0 Å². The van der Waals surface area contributed by atoms with Gasteiger partial charge in [-0.3, -0.25) is 19.5 Å². The molecule has 8 nitrogen and oxygen atoms in total. The SMILES string of the molecule is Cc1cc2c(c(C=NNC(=O)c3ccncc3)c1)O[C@]1(C=C2)Oc2ccccc2C(=O)N1C. The second kappa shape index (κ2) is 7.90. The molecule has 1 atom stereocenters. The fourth-order valence-electron chi connectivity index (χ4n) is 3.79. The van der Waals surface area contributed by atoms with Gasteiger partial charge in [-0.15, -0.1) is 0 Å². The Hall–Kier alpha value is -4.46. The van der Waals surface area contributed by atoms with E-state index < -0.39 is 5.91 Å². The highest BCUT2D eigenvalue weighted by atomic mass is 16.7. The lowest BCUT2D eigenvalue weighted by molar-refractivity contribution is -0.166. The van der Waals surface area contributed by atoms with Gasteiger partial charge >= 0.3 is 5.91 Å². The van der Waals surface area contributed by atoms with Crippen molar-refractivity contribution < 1.29 is 19.1 Å². The molecule has 0 radical (unpaired) electrons. The van der Waals surface area contributed by atoms with Gasteiger partial charge in [0.05, 0.1) is 11.8 Å². The Morgan fingerprint density at radius 1 is 1.15 bits per heavy atom. The van der Waals surface area contributed by atoms with Crippen molar-refractivity contribution in [3.05, 3.63) is 94.8 Å². The normalized spacial score (nSPS) is 18.5. The summed E-state index contributed by atoms with van der Waals surface area (Å²) >= 11 is 0. The van der Waals surface area contributed by atoms with Crippen LogP contribution in [-0.2, 0) is 0 Å².